The van der Waals surface area contributed by atoms with E-state index < -0.39 is 0 Å². The summed E-state index contributed by atoms with van der Waals surface area (Å²) < 4.78 is 10.9. The molecular formula is C19H29IN4O2S. The van der Waals surface area contributed by atoms with Crippen LogP contribution in [-0.4, -0.2) is 38.3 Å². The maximum atomic E-state index is 5.56. The van der Waals surface area contributed by atoms with Gasteiger partial charge < -0.3 is 19.8 Å². The molecule has 6 nitrogen and oxygen atoms in total. The highest BCUT2D eigenvalue weighted by molar-refractivity contribution is 14.0. The molecule has 2 aromatic rings. The van der Waals surface area contributed by atoms with Gasteiger partial charge in [-0.2, -0.15) is 0 Å². The molecule has 1 aliphatic carbocycles. The van der Waals surface area contributed by atoms with Crippen LogP contribution in [0.1, 0.15) is 37.8 Å². The molecule has 2 heterocycles. The highest BCUT2D eigenvalue weighted by Crippen LogP contribution is 2.40. The third kappa shape index (κ3) is 6.18. The minimum absolute atomic E-state index is 0. The maximum Gasteiger partial charge on any atom is 0.236 e. The summed E-state index contributed by atoms with van der Waals surface area (Å²) in [6.07, 6.45) is 7.93. The van der Waals surface area contributed by atoms with Gasteiger partial charge in [0.05, 0.1) is 17.1 Å². The summed E-state index contributed by atoms with van der Waals surface area (Å²) in [4.78, 5) is 9.91. The second-order valence-corrected chi connectivity index (χ2v) is 7.80. The molecule has 2 aromatic heterocycles. The average Bonchev–Trinajstić information content (AvgIpc) is 3.41. The Labute approximate surface area is 182 Å². The van der Waals surface area contributed by atoms with Crippen molar-refractivity contribution in [2.45, 2.75) is 38.6 Å². The van der Waals surface area contributed by atoms with Crippen molar-refractivity contribution in [3.8, 4) is 10.8 Å². The normalized spacial score (nSPS) is 16.1. The number of halogens is 1. The van der Waals surface area contributed by atoms with E-state index in [9.17, 15) is 0 Å². The zero-order valence-corrected chi connectivity index (χ0v) is 19.1. The number of ether oxygens (including phenoxy) is 1. The molecule has 0 unspecified atom stereocenters. The molecule has 3 rings (SSSR count). The molecule has 0 amide bonds. The summed E-state index contributed by atoms with van der Waals surface area (Å²) in [6.45, 7) is 2.33. The summed E-state index contributed by atoms with van der Waals surface area (Å²) in [5, 5.41) is 8.84. The van der Waals surface area contributed by atoms with E-state index in [0.29, 0.717) is 17.9 Å². The SMILES string of the molecule is CN=C(NCc1coc(-c2cccs2)n1)NCC1(CCOC)CCCC1.I. The van der Waals surface area contributed by atoms with Gasteiger partial charge >= 0.3 is 0 Å². The lowest BCUT2D eigenvalue weighted by atomic mass is 9.83. The Morgan fingerprint density at radius 2 is 2.19 bits per heavy atom. The van der Waals surface area contributed by atoms with Crippen LogP contribution in [0.15, 0.2) is 33.2 Å². The lowest BCUT2D eigenvalue weighted by Crippen LogP contribution is -2.43. The molecule has 0 aromatic carbocycles. The van der Waals surface area contributed by atoms with Gasteiger partial charge in [0.15, 0.2) is 5.96 Å². The number of guanidine groups is 1. The minimum Gasteiger partial charge on any atom is -0.443 e. The minimum atomic E-state index is 0. The van der Waals surface area contributed by atoms with Crippen molar-refractivity contribution in [1.82, 2.24) is 15.6 Å². The molecule has 0 aliphatic heterocycles. The first-order valence-corrected chi connectivity index (χ1v) is 10.0. The van der Waals surface area contributed by atoms with Gasteiger partial charge in [-0.15, -0.1) is 35.3 Å². The summed E-state index contributed by atoms with van der Waals surface area (Å²) >= 11 is 1.62. The molecule has 27 heavy (non-hydrogen) atoms. The Morgan fingerprint density at radius 3 is 2.85 bits per heavy atom. The number of oxazole rings is 1. The van der Waals surface area contributed by atoms with E-state index in [-0.39, 0.29) is 24.0 Å². The number of aromatic nitrogens is 1. The quantitative estimate of drug-likeness (QED) is 0.319. The van der Waals surface area contributed by atoms with Crippen molar-refractivity contribution in [3.63, 3.8) is 0 Å². The molecule has 0 atom stereocenters. The Balaban J connectivity index is 0.00000261. The molecule has 0 bridgehead atoms. The zero-order valence-electron chi connectivity index (χ0n) is 16.0. The first-order chi connectivity index (χ1) is 12.7. The number of nitrogens with zero attached hydrogens (tertiary/aromatic N) is 2. The molecular weight excluding hydrogens is 475 g/mol. The summed E-state index contributed by atoms with van der Waals surface area (Å²) in [5.74, 6) is 1.47. The van der Waals surface area contributed by atoms with E-state index >= 15 is 0 Å². The van der Waals surface area contributed by atoms with Crippen LogP contribution >= 0.6 is 35.3 Å². The van der Waals surface area contributed by atoms with Crippen molar-refractivity contribution in [2.75, 3.05) is 27.3 Å². The van der Waals surface area contributed by atoms with Gasteiger partial charge in [-0.1, -0.05) is 18.9 Å². The summed E-state index contributed by atoms with van der Waals surface area (Å²) in [6, 6.07) is 4.01. The van der Waals surface area contributed by atoms with E-state index in [1.165, 1.54) is 25.7 Å². The second kappa shape index (κ2) is 11.0. The standard InChI is InChI=1S/C19H28N4O2S.HI/c1-20-18(22-14-19(9-10-24-2)7-3-4-8-19)21-12-15-13-25-17(23-15)16-6-5-11-26-16;/h5-6,11,13H,3-4,7-10,12,14H2,1-2H3,(H2,20,21,22);1H. The molecule has 8 heteroatoms. The monoisotopic (exact) mass is 504 g/mol. The number of hydrogen-bond acceptors (Lipinski definition) is 5. The van der Waals surface area contributed by atoms with Crippen molar-refractivity contribution >= 4 is 41.3 Å². The molecule has 0 spiro atoms. The van der Waals surface area contributed by atoms with Crippen molar-refractivity contribution in [1.29, 1.82) is 0 Å². The van der Waals surface area contributed by atoms with Crippen molar-refractivity contribution in [2.24, 2.45) is 10.4 Å². The van der Waals surface area contributed by atoms with Crippen LogP contribution < -0.4 is 10.6 Å². The van der Waals surface area contributed by atoms with Crippen LogP contribution in [0.5, 0.6) is 0 Å². The van der Waals surface area contributed by atoms with Crippen LogP contribution in [-0.2, 0) is 11.3 Å². The smallest absolute Gasteiger partial charge is 0.236 e. The van der Waals surface area contributed by atoms with Gasteiger partial charge in [0.25, 0.3) is 0 Å². The number of hydrogen-bond donors (Lipinski definition) is 2. The molecule has 2 N–H and O–H groups in total. The van der Waals surface area contributed by atoms with Crippen LogP contribution in [0.25, 0.3) is 10.8 Å². The molecule has 1 aliphatic rings. The van der Waals surface area contributed by atoms with E-state index in [4.69, 9.17) is 9.15 Å². The van der Waals surface area contributed by atoms with E-state index in [1.807, 2.05) is 17.5 Å². The third-order valence-corrected chi connectivity index (χ3v) is 5.93. The van der Waals surface area contributed by atoms with E-state index in [0.717, 1.165) is 36.1 Å². The van der Waals surface area contributed by atoms with Crippen molar-refractivity contribution in [3.05, 3.63) is 29.5 Å². The summed E-state index contributed by atoms with van der Waals surface area (Å²) in [5.41, 5.74) is 1.19. The third-order valence-electron chi connectivity index (χ3n) is 5.08. The maximum absolute atomic E-state index is 5.56. The predicted octanol–water partition coefficient (Wildman–Crippen LogP) is 4.28. The Bertz CT molecular complexity index is 696. The van der Waals surface area contributed by atoms with E-state index in [2.05, 4.69) is 20.6 Å². The fraction of sp³-hybridized carbons (Fsp3) is 0.579. The Morgan fingerprint density at radius 1 is 1.37 bits per heavy atom. The van der Waals surface area contributed by atoms with Crippen LogP contribution in [0.3, 0.4) is 0 Å². The fourth-order valence-corrected chi connectivity index (χ4v) is 4.18. The number of aliphatic imine (C=N–C) groups is 1. The zero-order chi connectivity index (χ0) is 18.2. The topological polar surface area (TPSA) is 71.7 Å². The number of nitrogens with one attached hydrogen (secondary N) is 2. The number of thiophene rings is 1. The Hall–Kier alpha value is -1.13. The lowest BCUT2D eigenvalue weighted by molar-refractivity contribution is 0.138. The van der Waals surface area contributed by atoms with Crippen LogP contribution in [0, 0.1) is 5.41 Å². The molecule has 1 saturated carbocycles. The molecule has 0 radical (unpaired) electrons. The van der Waals surface area contributed by atoms with Gasteiger partial charge in [-0.3, -0.25) is 4.99 Å². The van der Waals surface area contributed by atoms with Crippen LogP contribution in [0.4, 0.5) is 0 Å². The first-order valence-electron chi connectivity index (χ1n) is 9.16. The highest BCUT2D eigenvalue weighted by Gasteiger charge is 2.33. The largest absolute Gasteiger partial charge is 0.443 e. The summed E-state index contributed by atoms with van der Waals surface area (Å²) in [7, 11) is 3.57. The van der Waals surface area contributed by atoms with Gasteiger partial charge in [-0.25, -0.2) is 4.98 Å². The Kier molecular flexibility index (Phi) is 9.04. The molecule has 0 saturated heterocycles. The van der Waals surface area contributed by atoms with Gasteiger partial charge in [0.1, 0.15) is 6.26 Å². The number of rotatable bonds is 8. The predicted molar refractivity (Wildman–Crippen MR) is 121 cm³/mol. The second-order valence-electron chi connectivity index (χ2n) is 6.85. The fourth-order valence-electron chi connectivity index (χ4n) is 3.53. The lowest BCUT2D eigenvalue weighted by Gasteiger charge is -2.29. The van der Waals surface area contributed by atoms with Crippen molar-refractivity contribution < 1.29 is 9.15 Å². The molecule has 1 fully saturated rings. The van der Waals surface area contributed by atoms with Gasteiger partial charge in [0.2, 0.25) is 5.89 Å². The number of methoxy groups -OCH3 is 1. The first kappa shape index (κ1) is 22.2. The van der Waals surface area contributed by atoms with Gasteiger partial charge in [0, 0.05) is 27.3 Å². The van der Waals surface area contributed by atoms with Crippen LogP contribution in [0.2, 0.25) is 0 Å². The molecule has 150 valence electrons. The van der Waals surface area contributed by atoms with Gasteiger partial charge in [-0.05, 0) is 36.1 Å². The highest BCUT2D eigenvalue weighted by atomic mass is 127. The average molecular weight is 504 g/mol. The van der Waals surface area contributed by atoms with E-state index in [1.54, 1.807) is 31.8 Å².